The van der Waals surface area contributed by atoms with Crippen molar-refractivity contribution in [1.29, 1.82) is 0 Å². The molecule has 1 amide bonds. The third kappa shape index (κ3) is 26.8. The standard InChI is InChI=1S/C37H67NO9S/c1-4-6-8-10-12-14-16-18-20-22-24-46-35(42)27-34(37(45)47-25-23-21-19-17-15-13-11-9-7-5-2)48-29-32(38-30(3)40)33(41)26-31(28-39)36(43)44/h31-32,34,39H,4-29H2,1-3H3,(H,38,40)(H,43,44)/t31-,32-,34?/m0/s1. The van der Waals surface area contributed by atoms with Gasteiger partial charge in [0.15, 0.2) is 5.78 Å². The number of aliphatic hydroxyl groups is 1. The van der Waals surface area contributed by atoms with Gasteiger partial charge in [0.05, 0.1) is 38.2 Å². The monoisotopic (exact) mass is 701 g/mol. The summed E-state index contributed by atoms with van der Waals surface area (Å²) < 4.78 is 11.0. The number of carbonyl (C=O) groups excluding carboxylic acids is 4. The number of ether oxygens (including phenoxy) is 2. The molecule has 48 heavy (non-hydrogen) atoms. The van der Waals surface area contributed by atoms with Crippen LogP contribution in [-0.4, -0.2) is 76.7 Å². The van der Waals surface area contributed by atoms with Crippen LogP contribution in [-0.2, 0) is 33.4 Å². The first-order chi connectivity index (χ1) is 23.2. The summed E-state index contributed by atoms with van der Waals surface area (Å²) in [4.78, 5) is 61.8. The van der Waals surface area contributed by atoms with Gasteiger partial charge < -0.3 is 25.0 Å². The van der Waals surface area contributed by atoms with E-state index < -0.39 is 59.8 Å². The minimum atomic E-state index is -1.32. The number of esters is 2. The Bertz CT molecular complexity index is 870. The lowest BCUT2D eigenvalue weighted by molar-refractivity contribution is -0.149. The maximum atomic E-state index is 13.1. The molecule has 0 aromatic rings. The van der Waals surface area contributed by atoms with Gasteiger partial charge in [0.1, 0.15) is 5.25 Å². The van der Waals surface area contributed by atoms with Crippen LogP contribution < -0.4 is 5.32 Å². The first-order valence-electron chi connectivity index (χ1n) is 18.7. The molecule has 0 spiro atoms. The number of unbranched alkanes of at least 4 members (excludes halogenated alkanes) is 18. The number of hydrogen-bond acceptors (Lipinski definition) is 9. The number of carbonyl (C=O) groups is 5. The fourth-order valence-corrected chi connectivity index (χ4v) is 6.49. The summed E-state index contributed by atoms with van der Waals surface area (Å²) >= 11 is 1.00. The quantitative estimate of drug-likeness (QED) is 0.0452. The Morgan fingerprint density at radius 3 is 1.50 bits per heavy atom. The topological polar surface area (TPSA) is 156 Å². The van der Waals surface area contributed by atoms with Crippen LogP contribution in [0.4, 0.5) is 0 Å². The fraction of sp³-hybridized carbons (Fsp3) is 0.865. The number of amides is 1. The molecular formula is C37H67NO9S. The van der Waals surface area contributed by atoms with Gasteiger partial charge in [0.2, 0.25) is 5.91 Å². The number of aliphatic carboxylic acids is 1. The maximum Gasteiger partial charge on any atom is 0.319 e. The number of thioether (sulfide) groups is 1. The van der Waals surface area contributed by atoms with Crippen molar-refractivity contribution < 1.29 is 43.7 Å². The summed E-state index contributed by atoms with van der Waals surface area (Å²) in [6.07, 6.45) is 22.3. The van der Waals surface area contributed by atoms with Crippen molar-refractivity contribution in [2.45, 2.75) is 173 Å². The second kappa shape index (κ2) is 32.1. The van der Waals surface area contributed by atoms with Gasteiger partial charge in [-0.2, -0.15) is 0 Å². The van der Waals surface area contributed by atoms with Gasteiger partial charge in [-0.1, -0.05) is 129 Å². The van der Waals surface area contributed by atoms with Crippen molar-refractivity contribution in [3.8, 4) is 0 Å². The van der Waals surface area contributed by atoms with Crippen molar-refractivity contribution in [1.82, 2.24) is 5.32 Å². The Balaban J connectivity index is 4.91. The number of rotatable bonds is 34. The molecule has 0 saturated carbocycles. The molecule has 0 aliphatic rings. The third-order valence-electron chi connectivity index (χ3n) is 8.37. The number of carboxylic acids is 1. The molecule has 3 N–H and O–H groups in total. The minimum absolute atomic E-state index is 0.0695. The van der Waals surface area contributed by atoms with Crippen LogP contribution in [0.25, 0.3) is 0 Å². The first kappa shape index (κ1) is 45.9. The summed E-state index contributed by atoms with van der Waals surface area (Å²) in [5, 5.41) is 20.1. The van der Waals surface area contributed by atoms with Crippen LogP contribution in [0.15, 0.2) is 0 Å². The average Bonchev–Trinajstić information content (AvgIpc) is 3.05. The van der Waals surface area contributed by atoms with E-state index >= 15 is 0 Å². The zero-order chi connectivity index (χ0) is 35.8. The van der Waals surface area contributed by atoms with Gasteiger partial charge in [-0.3, -0.25) is 24.0 Å². The summed E-state index contributed by atoms with van der Waals surface area (Å²) in [6.45, 7) is 5.43. The average molecular weight is 702 g/mol. The van der Waals surface area contributed by atoms with Gasteiger partial charge >= 0.3 is 17.9 Å². The number of carboxylic acid groups (broad SMARTS) is 1. The Morgan fingerprint density at radius 1 is 0.646 bits per heavy atom. The molecule has 0 aliphatic heterocycles. The van der Waals surface area contributed by atoms with Crippen LogP contribution in [0, 0.1) is 5.92 Å². The highest BCUT2D eigenvalue weighted by molar-refractivity contribution is 8.00. The molecule has 0 heterocycles. The largest absolute Gasteiger partial charge is 0.481 e. The van der Waals surface area contributed by atoms with Gasteiger partial charge in [-0.15, -0.1) is 11.8 Å². The molecule has 0 bridgehead atoms. The Morgan fingerprint density at radius 2 is 1.08 bits per heavy atom. The van der Waals surface area contributed by atoms with E-state index in [9.17, 15) is 34.2 Å². The second-order valence-electron chi connectivity index (χ2n) is 12.9. The molecule has 0 aromatic carbocycles. The van der Waals surface area contributed by atoms with Gasteiger partial charge in [-0.05, 0) is 12.8 Å². The first-order valence-corrected chi connectivity index (χ1v) is 19.8. The van der Waals surface area contributed by atoms with Crippen LogP contribution in [0.2, 0.25) is 0 Å². The highest BCUT2D eigenvalue weighted by Gasteiger charge is 2.30. The Kier molecular flexibility index (Phi) is 30.7. The van der Waals surface area contributed by atoms with E-state index in [1.807, 2.05) is 0 Å². The zero-order valence-electron chi connectivity index (χ0n) is 30.3. The Hall–Kier alpha value is -2.14. The SMILES string of the molecule is CCCCCCCCCCCCOC(=O)CC(SC[C@H](NC(C)=O)C(=O)C[C@@H](CO)C(=O)O)C(=O)OCCCCCCCCCCCC. The van der Waals surface area contributed by atoms with E-state index in [2.05, 4.69) is 19.2 Å². The zero-order valence-corrected chi connectivity index (χ0v) is 31.1. The Labute approximate surface area is 294 Å². The van der Waals surface area contributed by atoms with Crippen molar-refractivity contribution in [2.24, 2.45) is 5.92 Å². The molecule has 0 fully saturated rings. The van der Waals surface area contributed by atoms with E-state index in [1.165, 1.54) is 90.4 Å². The maximum absolute atomic E-state index is 13.1. The van der Waals surface area contributed by atoms with Crippen molar-refractivity contribution in [2.75, 3.05) is 25.6 Å². The summed E-state index contributed by atoms with van der Waals surface area (Å²) in [7, 11) is 0. The van der Waals surface area contributed by atoms with E-state index in [0.29, 0.717) is 6.42 Å². The smallest absolute Gasteiger partial charge is 0.319 e. The molecule has 0 aromatic heterocycles. The lowest BCUT2D eigenvalue weighted by Crippen LogP contribution is -2.43. The van der Waals surface area contributed by atoms with Gasteiger partial charge in [0.25, 0.3) is 0 Å². The lowest BCUT2D eigenvalue weighted by atomic mass is 10.00. The van der Waals surface area contributed by atoms with Crippen molar-refractivity contribution in [3.05, 3.63) is 0 Å². The predicted octanol–water partition coefficient (Wildman–Crippen LogP) is 7.56. The molecule has 1 unspecified atom stereocenters. The van der Waals surface area contributed by atoms with Crippen molar-refractivity contribution >= 4 is 41.4 Å². The number of nitrogens with one attached hydrogen (secondary N) is 1. The minimum Gasteiger partial charge on any atom is -0.481 e. The third-order valence-corrected chi connectivity index (χ3v) is 9.65. The molecule has 0 radical (unpaired) electrons. The number of hydrogen-bond donors (Lipinski definition) is 3. The normalized spacial score (nSPS) is 13.0. The highest BCUT2D eigenvalue weighted by atomic mass is 32.2. The molecule has 0 aliphatic carbocycles. The molecule has 280 valence electrons. The van der Waals surface area contributed by atoms with E-state index in [1.54, 1.807) is 0 Å². The predicted molar refractivity (Wildman–Crippen MR) is 192 cm³/mol. The highest BCUT2D eigenvalue weighted by Crippen LogP contribution is 2.21. The van der Waals surface area contributed by atoms with E-state index in [0.717, 1.165) is 50.3 Å². The number of ketones is 1. The lowest BCUT2D eigenvalue weighted by Gasteiger charge is -2.21. The molecular weight excluding hydrogens is 634 g/mol. The summed E-state index contributed by atoms with van der Waals surface area (Å²) in [6, 6.07) is -1.10. The molecule has 11 heteroatoms. The molecule has 0 rings (SSSR count). The molecule has 0 saturated heterocycles. The number of aliphatic hydroxyl groups excluding tert-OH is 1. The van der Waals surface area contributed by atoms with E-state index in [4.69, 9.17) is 9.47 Å². The van der Waals surface area contributed by atoms with E-state index in [-0.39, 0.29) is 25.4 Å². The van der Waals surface area contributed by atoms with Crippen LogP contribution in [0.1, 0.15) is 162 Å². The summed E-state index contributed by atoms with van der Waals surface area (Å²) in [5.41, 5.74) is 0. The summed E-state index contributed by atoms with van der Waals surface area (Å²) in [5.74, 6) is -4.89. The van der Waals surface area contributed by atoms with Crippen LogP contribution in [0.5, 0.6) is 0 Å². The van der Waals surface area contributed by atoms with Crippen LogP contribution in [0.3, 0.4) is 0 Å². The molecule has 10 nitrogen and oxygen atoms in total. The van der Waals surface area contributed by atoms with Gasteiger partial charge in [-0.25, -0.2) is 0 Å². The van der Waals surface area contributed by atoms with Crippen molar-refractivity contribution in [3.63, 3.8) is 0 Å². The fourth-order valence-electron chi connectivity index (χ4n) is 5.34. The second-order valence-corrected chi connectivity index (χ2v) is 14.2. The van der Waals surface area contributed by atoms with Gasteiger partial charge in [0, 0.05) is 19.1 Å². The van der Waals surface area contributed by atoms with Crippen LogP contribution >= 0.6 is 11.8 Å². The molecule has 3 atom stereocenters. The number of Topliss-reactive ketones (excluding diaryl/α,β-unsaturated/α-hetero) is 1.